The summed E-state index contributed by atoms with van der Waals surface area (Å²) in [5, 5.41) is 1.03. The van der Waals surface area contributed by atoms with Gasteiger partial charge in [0.05, 0.1) is 16.0 Å². The van der Waals surface area contributed by atoms with Crippen molar-refractivity contribution in [2.24, 2.45) is 16.1 Å². The Morgan fingerprint density at radius 1 is 1.31 bits per heavy atom. The van der Waals surface area contributed by atoms with E-state index in [1.54, 1.807) is 25.5 Å². The summed E-state index contributed by atoms with van der Waals surface area (Å²) in [5.41, 5.74) is 8.37. The lowest BCUT2D eigenvalue weighted by molar-refractivity contribution is -0.137. The number of aryl methyl sites for hydroxylation is 1. The molecule has 0 radical (unpaired) electrons. The minimum Gasteiger partial charge on any atom is -0.381 e. The number of ether oxygens (including phenoxy) is 1. The lowest BCUT2D eigenvalue weighted by Gasteiger charge is -2.45. The van der Waals surface area contributed by atoms with Crippen LogP contribution in [0.4, 0.5) is 0 Å². The number of hydrogen-bond donors (Lipinski definition) is 1. The van der Waals surface area contributed by atoms with Crippen LogP contribution in [0.25, 0.3) is 10.4 Å². The molecular weight excluding hydrogens is 384 g/mol. The van der Waals surface area contributed by atoms with Gasteiger partial charge in [-0.3, -0.25) is 9.69 Å². The van der Waals surface area contributed by atoms with Gasteiger partial charge in [0, 0.05) is 25.8 Å². The Morgan fingerprint density at radius 2 is 2.07 bits per heavy atom. The van der Waals surface area contributed by atoms with E-state index in [2.05, 4.69) is 23.2 Å². The lowest BCUT2D eigenvalue weighted by atomic mass is 9.61. The summed E-state index contributed by atoms with van der Waals surface area (Å²) >= 11 is 1.67. The van der Waals surface area contributed by atoms with Gasteiger partial charge >= 0.3 is 0 Å². The molecule has 3 aliphatic rings. The number of carbonyl (C=O) groups is 1. The predicted octanol–water partition coefficient (Wildman–Crippen LogP) is 3.23. The molecule has 2 spiro atoms. The molecule has 1 amide bonds. The highest BCUT2D eigenvalue weighted by molar-refractivity contribution is 7.15. The van der Waals surface area contributed by atoms with E-state index in [9.17, 15) is 4.79 Å². The fraction of sp³-hybridized carbons (Fsp3) is 0.500. The van der Waals surface area contributed by atoms with Crippen molar-refractivity contribution in [1.82, 2.24) is 9.88 Å². The van der Waals surface area contributed by atoms with Crippen molar-refractivity contribution in [3.05, 3.63) is 40.5 Å². The maximum absolute atomic E-state index is 13.7. The molecule has 0 bridgehead atoms. The van der Waals surface area contributed by atoms with Crippen LogP contribution in [0, 0.1) is 12.3 Å². The molecule has 6 nitrogen and oxygen atoms in total. The van der Waals surface area contributed by atoms with Gasteiger partial charge in [0.1, 0.15) is 0 Å². The van der Waals surface area contributed by atoms with Gasteiger partial charge in [-0.15, -0.1) is 11.3 Å². The van der Waals surface area contributed by atoms with Crippen LogP contribution in [-0.2, 0) is 21.5 Å². The highest BCUT2D eigenvalue weighted by atomic mass is 32.1. The molecule has 2 heterocycles. The second kappa shape index (κ2) is 6.37. The molecule has 2 N–H and O–H groups in total. The Kier molecular flexibility index (Phi) is 4.12. The first-order valence-corrected chi connectivity index (χ1v) is 10.9. The zero-order chi connectivity index (χ0) is 20.4. The van der Waals surface area contributed by atoms with E-state index in [1.807, 2.05) is 13.1 Å². The van der Waals surface area contributed by atoms with Crippen molar-refractivity contribution in [1.29, 1.82) is 0 Å². The summed E-state index contributed by atoms with van der Waals surface area (Å²) in [6.45, 7) is 2.01. The van der Waals surface area contributed by atoms with Crippen LogP contribution < -0.4 is 5.73 Å². The molecule has 29 heavy (non-hydrogen) atoms. The summed E-state index contributed by atoms with van der Waals surface area (Å²) in [7, 11) is 3.51. The number of nitrogens with two attached hydrogens (primary N) is 1. The van der Waals surface area contributed by atoms with E-state index >= 15 is 0 Å². The summed E-state index contributed by atoms with van der Waals surface area (Å²) in [4.78, 5) is 25.6. The second-order valence-corrected chi connectivity index (χ2v) is 9.79. The molecular formula is C22H26N4O2S. The second-order valence-electron chi connectivity index (χ2n) is 8.55. The Bertz CT molecular complexity index is 1020. The number of nitrogens with zero attached hydrogens (tertiary/aromatic N) is 3. The van der Waals surface area contributed by atoms with Gasteiger partial charge in [-0.2, -0.15) is 0 Å². The first kappa shape index (κ1) is 18.8. The van der Waals surface area contributed by atoms with Gasteiger partial charge in [0.15, 0.2) is 11.5 Å². The smallest absolute Gasteiger partial charge is 0.262 e. The standard InChI is InChI=1S/C22H26N4O2S/c1-13-24-12-18(29-13)14-4-5-15-11-21(8-6-16(28-3)7-9-21)22(17(15)10-14)19(27)26(2)20(23)25-22/h4-5,10,12,16H,6-9,11H2,1-3H3,(H2,23,25)/t16?,21?,22-/m1/s1. The van der Waals surface area contributed by atoms with Crippen LogP contribution >= 0.6 is 11.3 Å². The van der Waals surface area contributed by atoms with E-state index < -0.39 is 5.54 Å². The number of carbonyl (C=O) groups excluding carboxylic acids is 1. The molecule has 1 aliphatic heterocycles. The SMILES string of the molecule is COC1CCC2(CC1)Cc1ccc(-c3cnc(C)s3)cc1[C@]21N=C(N)N(C)C1=O. The summed E-state index contributed by atoms with van der Waals surface area (Å²) in [5.74, 6) is 0.317. The normalized spacial score (nSPS) is 31.0. The van der Waals surface area contributed by atoms with Crippen molar-refractivity contribution in [2.75, 3.05) is 14.2 Å². The first-order valence-electron chi connectivity index (χ1n) is 10.1. The van der Waals surface area contributed by atoms with Crippen LogP contribution in [0.3, 0.4) is 0 Å². The Balaban J connectivity index is 1.67. The van der Waals surface area contributed by atoms with Gasteiger partial charge in [0.2, 0.25) is 0 Å². The number of hydrogen-bond acceptors (Lipinski definition) is 6. The number of aliphatic imine (C=N–C) groups is 1. The van der Waals surface area contributed by atoms with Gasteiger partial charge in [-0.25, -0.2) is 9.98 Å². The largest absolute Gasteiger partial charge is 0.381 e. The quantitative estimate of drug-likeness (QED) is 0.824. The molecule has 1 atom stereocenters. The molecule has 1 fully saturated rings. The van der Waals surface area contributed by atoms with E-state index in [1.165, 1.54) is 10.5 Å². The monoisotopic (exact) mass is 410 g/mol. The number of benzene rings is 1. The maximum atomic E-state index is 13.7. The maximum Gasteiger partial charge on any atom is 0.262 e. The van der Waals surface area contributed by atoms with Crippen molar-refractivity contribution in [3.8, 4) is 10.4 Å². The van der Waals surface area contributed by atoms with Crippen LogP contribution in [0.1, 0.15) is 41.8 Å². The molecule has 5 rings (SSSR count). The fourth-order valence-corrected chi connectivity index (χ4v) is 6.35. The average Bonchev–Trinajstić information content (AvgIpc) is 3.34. The Morgan fingerprint density at radius 3 is 2.66 bits per heavy atom. The van der Waals surface area contributed by atoms with Gasteiger partial charge < -0.3 is 10.5 Å². The number of likely N-dealkylation sites (N-methyl/N-ethyl adjacent to an activating group) is 1. The zero-order valence-corrected chi connectivity index (χ0v) is 17.9. The molecule has 7 heteroatoms. The molecule has 1 saturated carbocycles. The van der Waals surface area contributed by atoms with Gasteiger partial charge in [0.25, 0.3) is 5.91 Å². The molecule has 0 unspecified atom stereocenters. The molecule has 0 saturated heterocycles. The van der Waals surface area contributed by atoms with Crippen molar-refractivity contribution in [3.63, 3.8) is 0 Å². The van der Waals surface area contributed by atoms with Crippen LogP contribution in [-0.4, -0.2) is 42.0 Å². The Labute approximate surface area is 174 Å². The highest BCUT2D eigenvalue weighted by Gasteiger charge is 2.66. The Hall–Kier alpha value is -2.25. The molecule has 2 aliphatic carbocycles. The van der Waals surface area contributed by atoms with Gasteiger partial charge in [-0.1, -0.05) is 12.1 Å². The number of guanidine groups is 1. The number of fused-ring (bicyclic) bond motifs is 3. The third-order valence-electron chi connectivity index (χ3n) is 7.16. The van der Waals surface area contributed by atoms with Crippen molar-refractivity contribution < 1.29 is 9.53 Å². The van der Waals surface area contributed by atoms with Crippen LogP contribution in [0.5, 0.6) is 0 Å². The minimum absolute atomic E-state index is 0.00209. The van der Waals surface area contributed by atoms with E-state index in [0.29, 0.717) is 5.96 Å². The summed E-state index contributed by atoms with van der Waals surface area (Å²) < 4.78 is 5.61. The number of aromatic nitrogens is 1. The van der Waals surface area contributed by atoms with Crippen molar-refractivity contribution in [2.45, 2.75) is 50.7 Å². The van der Waals surface area contributed by atoms with E-state index in [0.717, 1.165) is 53.1 Å². The summed E-state index contributed by atoms with van der Waals surface area (Å²) in [6, 6.07) is 6.48. The van der Waals surface area contributed by atoms with E-state index in [-0.39, 0.29) is 17.4 Å². The predicted molar refractivity (Wildman–Crippen MR) is 114 cm³/mol. The van der Waals surface area contributed by atoms with Crippen LogP contribution in [0.2, 0.25) is 0 Å². The van der Waals surface area contributed by atoms with Gasteiger partial charge in [-0.05, 0) is 61.8 Å². The molecule has 1 aromatic carbocycles. The van der Waals surface area contributed by atoms with Crippen molar-refractivity contribution >= 4 is 23.2 Å². The molecule has 152 valence electrons. The first-order chi connectivity index (χ1) is 13.9. The summed E-state index contributed by atoms with van der Waals surface area (Å²) in [6.07, 6.45) is 6.73. The average molecular weight is 411 g/mol. The number of thiazole rings is 1. The number of amides is 1. The molecule has 1 aromatic heterocycles. The third kappa shape index (κ3) is 2.47. The minimum atomic E-state index is -0.921. The highest BCUT2D eigenvalue weighted by Crippen LogP contribution is 2.62. The number of methoxy groups -OCH3 is 1. The van der Waals surface area contributed by atoms with E-state index in [4.69, 9.17) is 15.5 Å². The number of rotatable bonds is 2. The molecule has 2 aromatic rings. The van der Waals surface area contributed by atoms with Crippen LogP contribution in [0.15, 0.2) is 29.4 Å². The lowest BCUT2D eigenvalue weighted by Crippen LogP contribution is -2.51. The zero-order valence-electron chi connectivity index (χ0n) is 17.1. The fourth-order valence-electron chi connectivity index (χ4n) is 5.57. The topological polar surface area (TPSA) is 80.8 Å². The third-order valence-corrected chi connectivity index (χ3v) is 8.13.